The van der Waals surface area contributed by atoms with Gasteiger partial charge in [0.15, 0.2) is 0 Å². The topological polar surface area (TPSA) is 139 Å². The predicted molar refractivity (Wildman–Crippen MR) is 150 cm³/mol. The zero-order valence-corrected chi connectivity index (χ0v) is 23.3. The van der Waals surface area contributed by atoms with Gasteiger partial charge in [-0.05, 0) is 61.0 Å². The van der Waals surface area contributed by atoms with Crippen LogP contribution in [0.1, 0.15) is 41.0 Å². The number of ether oxygens (including phenoxy) is 1. The quantitative estimate of drug-likeness (QED) is 0.229. The van der Waals surface area contributed by atoms with Crippen molar-refractivity contribution in [1.29, 1.82) is 0 Å². The van der Waals surface area contributed by atoms with E-state index in [1.165, 1.54) is 30.5 Å². The molecule has 9 nitrogen and oxygen atoms in total. The van der Waals surface area contributed by atoms with Crippen molar-refractivity contribution >= 4 is 28.5 Å². The zero-order chi connectivity index (χ0) is 31.3. The number of carbonyl (C=O) groups excluding carboxylic acids is 2. The van der Waals surface area contributed by atoms with E-state index < -0.39 is 47.2 Å². The number of aromatic nitrogens is 2. The number of pyridine rings is 2. The van der Waals surface area contributed by atoms with E-state index in [-0.39, 0.29) is 34.9 Å². The molecule has 0 unspecified atom stereocenters. The lowest BCUT2D eigenvalue weighted by atomic mass is 9.84. The monoisotopic (exact) mass is 597 g/mol. The maximum absolute atomic E-state index is 14.6. The normalized spacial score (nSPS) is 15.3. The van der Waals surface area contributed by atoms with E-state index in [1.807, 2.05) is 0 Å². The van der Waals surface area contributed by atoms with E-state index in [1.54, 1.807) is 26.8 Å². The third-order valence-electron chi connectivity index (χ3n) is 7.23. The molecular weight excluding hydrogens is 570 g/mol. The van der Waals surface area contributed by atoms with E-state index in [0.717, 1.165) is 23.8 Å². The van der Waals surface area contributed by atoms with Gasteiger partial charge >= 0.3 is 12.2 Å². The van der Waals surface area contributed by atoms with Crippen molar-refractivity contribution in [2.75, 3.05) is 18.5 Å². The second kappa shape index (κ2) is 10.5. The van der Waals surface area contributed by atoms with Gasteiger partial charge in [0.1, 0.15) is 17.3 Å². The van der Waals surface area contributed by atoms with Gasteiger partial charge in [-0.1, -0.05) is 13.8 Å². The Labute approximate surface area is 243 Å². The third kappa shape index (κ3) is 5.55. The van der Waals surface area contributed by atoms with Crippen LogP contribution in [0.5, 0.6) is 5.75 Å². The van der Waals surface area contributed by atoms with Crippen molar-refractivity contribution in [3.63, 3.8) is 0 Å². The fourth-order valence-corrected chi connectivity index (χ4v) is 4.89. The number of urea groups is 1. The second-order valence-corrected chi connectivity index (χ2v) is 11.1. The van der Waals surface area contributed by atoms with Gasteiger partial charge in [0.05, 0.1) is 30.0 Å². The Morgan fingerprint density at radius 2 is 1.81 bits per heavy atom. The van der Waals surface area contributed by atoms with Crippen LogP contribution in [0.2, 0.25) is 0 Å². The van der Waals surface area contributed by atoms with Gasteiger partial charge in [0.25, 0.3) is 5.91 Å². The van der Waals surface area contributed by atoms with Crippen LogP contribution in [0, 0.1) is 12.7 Å². The van der Waals surface area contributed by atoms with Gasteiger partial charge in [-0.3, -0.25) is 9.78 Å². The molecule has 0 fully saturated rings. The van der Waals surface area contributed by atoms with Gasteiger partial charge in [-0.25, -0.2) is 14.2 Å². The molecule has 0 spiro atoms. The number of carbonyl (C=O) groups is 2. The van der Waals surface area contributed by atoms with Crippen molar-refractivity contribution in [2.24, 2.45) is 5.73 Å². The molecule has 0 radical (unpaired) electrons. The summed E-state index contributed by atoms with van der Waals surface area (Å²) >= 11 is 0. The van der Waals surface area contributed by atoms with E-state index >= 15 is 0 Å². The molecule has 224 valence electrons. The highest BCUT2D eigenvalue weighted by Crippen LogP contribution is 2.47. The molecule has 0 saturated heterocycles. The van der Waals surface area contributed by atoms with E-state index in [9.17, 15) is 32.3 Å². The molecule has 43 heavy (non-hydrogen) atoms. The molecule has 13 heteroatoms. The molecule has 3 amide bonds. The number of aryl methyl sites for hydroxylation is 1. The number of amides is 3. The van der Waals surface area contributed by atoms with Crippen LogP contribution < -0.4 is 21.1 Å². The summed E-state index contributed by atoms with van der Waals surface area (Å²) in [5.74, 6) is -1.30. The Morgan fingerprint density at radius 1 is 1.12 bits per heavy atom. The molecule has 0 bridgehead atoms. The van der Waals surface area contributed by atoms with Crippen molar-refractivity contribution < 1.29 is 37.0 Å². The minimum atomic E-state index is -5.28. The number of primary amides is 1. The summed E-state index contributed by atoms with van der Waals surface area (Å²) in [6.07, 6.45) is -3.75. The molecular formula is C30H27F4N5O4. The van der Waals surface area contributed by atoms with Gasteiger partial charge < -0.3 is 26.2 Å². The Hall–Kier alpha value is -4.78. The summed E-state index contributed by atoms with van der Waals surface area (Å²) in [5.41, 5.74) is 1.75. The number of hydrogen-bond donors (Lipinski definition) is 4. The lowest BCUT2D eigenvalue weighted by Gasteiger charge is -2.31. The molecule has 4 aromatic rings. The summed E-state index contributed by atoms with van der Waals surface area (Å²) in [6, 6.07) is 9.43. The van der Waals surface area contributed by atoms with E-state index in [2.05, 4.69) is 20.6 Å². The summed E-state index contributed by atoms with van der Waals surface area (Å²) in [6.45, 7) is 4.12. The summed E-state index contributed by atoms with van der Waals surface area (Å²) in [5, 5.41) is 16.2. The number of fused-ring (bicyclic) bond motifs is 2. The molecule has 2 aromatic carbocycles. The van der Waals surface area contributed by atoms with Crippen LogP contribution in [0.3, 0.4) is 0 Å². The largest absolute Gasteiger partial charge is 0.490 e. The van der Waals surface area contributed by atoms with Crippen LogP contribution in [0.4, 0.5) is 28.0 Å². The number of nitrogens with one attached hydrogen (secondary N) is 2. The second-order valence-electron chi connectivity index (χ2n) is 11.1. The molecule has 2 aromatic heterocycles. The fraction of sp³-hybridized carbons (Fsp3) is 0.267. The highest BCUT2D eigenvalue weighted by atomic mass is 19.4. The van der Waals surface area contributed by atoms with Crippen molar-refractivity contribution in [2.45, 2.75) is 38.0 Å². The van der Waals surface area contributed by atoms with E-state index in [0.29, 0.717) is 16.5 Å². The number of halogens is 4. The Balaban J connectivity index is 1.56. The number of rotatable bonds is 6. The van der Waals surface area contributed by atoms with Crippen LogP contribution in [0.25, 0.3) is 22.2 Å². The maximum Gasteiger partial charge on any atom is 0.424 e. The highest BCUT2D eigenvalue weighted by Gasteiger charge is 2.57. The standard InChI is InChI=1S/C30H27F4N5O4/c1-15-8-17-9-18(10-21(38-27(35)41)23(17)36-12-15)26(40)37-13-29(42,30(32,33)34)22-11-20-25(43-14-28(20,2)3)24(39-22)16-4-6-19(31)7-5-16/h4-12,42H,13-14H2,1-3H3,(H,37,40)(H3,35,38,41)/t29-/m0/s1. The third-order valence-corrected chi connectivity index (χ3v) is 7.23. The Kier molecular flexibility index (Phi) is 7.25. The number of nitrogens with zero attached hydrogens (tertiary/aromatic N) is 2. The number of hydrogen-bond acceptors (Lipinski definition) is 6. The zero-order valence-electron chi connectivity index (χ0n) is 23.3. The van der Waals surface area contributed by atoms with Crippen molar-refractivity contribution in [1.82, 2.24) is 15.3 Å². The van der Waals surface area contributed by atoms with Crippen LogP contribution in [-0.2, 0) is 11.0 Å². The molecule has 0 saturated carbocycles. The highest BCUT2D eigenvalue weighted by molar-refractivity contribution is 6.05. The smallest absolute Gasteiger partial charge is 0.424 e. The number of alkyl halides is 3. The average Bonchev–Trinajstić information content (AvgIpc) is 3.24. The number of benzene rings is 2. The Bertz CT molecular complexity index is 1760. The predicted octanol–water partition coefficient (Wildman–Crippen LogP) is 5.08. The Morgan fingerprint density at radius 3 is 2.47 bits per heavy atom. The first-order chi connectivity index (χ1) is 20.1. The van der Waals surface area contributed by atoms with Gasteiger partial charge in [-0.2, -0.15) is 13.2 Å². The van der Waals surface area contributed by atoms with Crippen molar-refractivity contribution in [3.05, 3.63) is 82.9 Å². The minimum Gasteiger partial charge on any atom is -0.490 e. The lowest BCUT2D eigenvalue weighted by molar-refractivity contribution is -0.265. The molecule has 0 aliphatic carbocycles. The molecule has 1 aliphatic heterocycles. The number of aliphatic hydroxyl groups is 1. The SMILES string of the molecule is Cc1cnc2c(NC(N)=O)cc(C(=O)NC[C@](O)(c3cc4c(c(-c5ccc(F)cc5)n3)OCC4(C)C)C(F)(F)F)cc2c1. The van der Waals surface area contributed by atoms with Crippen LogP contribution in [0.15, 0.2) is 54.7 Å². The first-order valence-corrected chi connectivity index (χ1v) is 13.1. The van der Waals surface area contributed by atoms with Gasteiger partial charge in [0, 0.05) is 33.7 Å². The first-order valence-electron chi connectivity index (χ1n) is 13.1. The molecule has 5 rings (SSSR count). The number of nitrogens with two attached hydrogens (primary N) is 1. The van der Waals surface area contributed by atoms with Crippen LogP contribution >= 0.6 is 0 Å². The minimum absolute atomic E-state index is 0.00774. The lowest BCUT2D eigenvalue weighted by Crippen LogP contribution is -2.51. The van der Waals surface area contributed by atoms with Crippen molar-refractivity contribution in [3.8, 4) is 17.0 Å². The molecule has 3 heterocycles. The fourth-order valence-electron chi connectivity index (χ4n) is 4.89. The molecule has 1 atom stereocenters. The van der Waals surface area contributed by atoms with Gasteiger partial charge in [-0.15, -0.1) is 0 Å². The molecule has 1 aliphatic rings. The first kappa shape index (κ1) is 29.7. The summed E-state index contributed by atoms with van der Waals surface area (Å²) in [7, 11) is 0. The maximum atomic E-state index is 14.6. The van der Waals surface area contributed by atoms with Crippen LogP contribution in [-0.4, -0.2) is 46.3 Å². The number of anilines is 1. The summed E-state index contributed by atoms with van der Waals surface area (Å²) < 4.78 is 63.3. The van der Waals surface area contributed by atoms with E-state index in [4.69, 9.17) is 10.5 Å². The average molecular weight is 598 g/mol. The van der Waals surface area contributed by atoms with Gasteiger partial charge in [0.2, 0.25) is 5.60 Å². The summed E-state index contributed by atoms with van der Waals surface area (Å²) in [4.78, 5) is 33.1. The molecule has 5 N–H and O–H groups in total.